The monoisotopic (exact) mass is 286 g/mol. The quantitative estimate of drug-likeness (QED) is 0.903. The number of aromatic nitrogens is 1. The van der Waals surface area contributed by atoms with Crippen LogP contribution < -0.4 is 5.32 Å². The first kappa shape index (κ1) is 13.8. The van der Waals surface area contributed by atoms with E-state index in [2.05, 4.69) is 56.4 Å². The molecule has 3 heteroatoms. The van der Waals surface area contributed by atoms with Crippen molar-refractivity contribution >= 4 is 11.3 Å². The summed E-state index contributed by atoms with van der Waals surface area (Å²) in [7, 11) is 0. The van der Waals surface area contributed by atoms with Crippen molar-refractivity contribution in [3.63, 3.8) is 0 Å². The number of hydrogen-bond acceptors (Lipinski definition) is 3. The van der Waals surface area contributed by atoms with Gasteiger partial charge in [0.25, 0.3) is 0 Å². The minimum atomic E-state index is 0.117. The van der Waals surface area contributed by atoms with Crippen LogP contribution in [0.1, 0.15) is 44.3 Å². The van der Waals surface area contributed by atoms with E-state index in [1.54, 1.807) is 0 Å². The minimum Gasteiger partial charge on any atom is -0.308 e. The molecule has 0 bridgehead atoms. The third-order valence-corrected chi connectivity index (χ3v) is 5.08. The second kappa shape index (κ2) is 5.30. The Morgan fingerprint density at radius 2 is 1.90 bits per heavy atom. The van der Waals surface area contributed by atoms with Gasteiger partial charge in [0.1, 0.15) is 0 Å². The van der Waals surface area contributed by atoms with Crippen molar-refractivity contribution in [1.82, 2.24) is 10.3 Å². The summed E-state index contributed by atoms with van der Waals surface area (Å²) in [6.07, 6.45) is 2.63. The van der Waals surface area contributed by atoms with Gasteiger partial charge in [0, 0.05) is 18.0 Å². The maximum absolute atomic E-state index is 4.91. The summed E-state index contributed by atoms with van der Waals surface area (Å²) in [6, 6.07) is 11.4. The zero-order valence-electron chi connectivity index (χ0n) is 12.4. The lowest BCUT2D eigenvalue weighted by Gasteiger charge is -2.13. The number of nitrogens with one attached hydrogen (secondary N) is 1. The Bertz CT molecular complexity index is 577. The largest absolute Gasteiger partial charge is 0.308 e. The van der Waals surface area contributed by atoms with Crippen LogP contribution in [0.25, 0.3) is 10.4 Å². The van der Waals surface area contributed by atoms with Crippen LogP contribution in [0.2, 0.25) is 0 Å². The zero-order valence-corrected chi connectivity index (χ0v) is 13.3. The topological polar surface area (TPSA) is 24.9 Å². The van der Waals surface area contributed by atoms with Crippen LogP contribution in [0.3, 0.4) is 0 Å². The second-order valence-corrected chi connectivity index (χ2v) is 7.57. The van der Waals surface area contributed by atoms with E-state index in [-0.39, 0.29) is 5.41 Å². The molecule has 0 atom stereocenters. The summed E-state index contributed by atoms with van der Waals surface area (Å²) in [6.45, 7) is 7.59. The highest BCUT2D eigenvalue weighted by molar-refractivity contribution is 7.15. The van der Waals surface area contributed by atoms with Crippen molar-refractivity contribution in [1.29, 1.82) is 0 Å². The van der Waals surface area contributed by atoms with E-state index < -0.39 is 0 Å². The molecule has 1 aliphatic rings. The molecule has 106 valence electrons. The van der Waals surface area contributed by atoms with E-state index >= 15 is 0 Å². The van der Waals surface area contributed by atoms with Crippen LogP contribution in [-0.2, 0) is 12.0 Å². The standard InChI is InChI=1S/C17H22N2S/c1-17(2,3)16-19-14(11-18-13-9-10-13)15(20-16)12-7-5-4-6-8-12/h4-8,13,18H,9-11H2,1-3H3. The van der Waals surface area contributed by atoms with Gasteiger partial charge in [-0.2, -0.15) is 0 Å². The lowest BCUT2D eigenvalue weighted by atomic mass is 9.98. The molecule has 2 nitrogen and oxygen atoms in total. The van der Waals surface area contributed by atoms with Crippen molar-refractivity contribution in [3.05, 3.63) is 41.0 Å². The molecule has 0 saturated heterocycles. The molecule has 3 rings (SSSR count). The number of thiazole rings is 1. The normalized spacial score (nSPS) is 15.6. The van der Waals surface area contributed by atoms with E-state index in [4.69, 9.17) is 4.98 Å². The molecule has 1 N–H and O–H groups in total. The Morgan fingerprint density at radius 3 is 2.50 bits per heavy atom. The van der Waals surface area contributed by atoms with Gasteiger partial charge < -0.3 is 5.32 Å². The summed E-state index contributed by atoms with van der Waals surface area (Å²) in [5.41, 5.74) is 2.61. The summed E-state index contributed by atoms with van der Waals surface area (Å²) in [5, 5.41) is 4.82. The molecule has 1 fully saturated rings. The lowest BCUT2D eigenvalue weighted by Crippen LogP contribution is -2.17. The summed E-state index contributed by atoms with van der Waals surface area (Å²) in [5.74, 6) is 0. The third kappa shape index (κ3) is 3.10. The van der Waals surface area contributed by atoms with Crippen molar-refractivity contribution in [3.8, 4) is 10.4 Å². The zero-order chi connectivity index (χ0) is 14.2. The molecule has 1 aromatic heterocycles. The molecule has 1 heterocycles. The van der Waals surface area contributed by atoms with Gasteiger partial charge in [-0.3, -0.25) is 0 Å². The van der Waals surface area contributed by atoms with Crippen LogP contribution in [0.15, 0.2) is 30.3 Å². The van der Waals surface area contributed by atoms with Crippen LogP contribution in [0.5, 0.6) is 0 Å². The maximum atomic E-state index is 4.91. The SMILES string of the molecule is CC(C)(C)c1nc(CNC2CC2)c(-c2ccccc2)s1. The van der Waals surface area contributed by atoms with Crippen LogP contribution in [-0.4, -0.2) is 11.0 Å². The average molecular weight is 286 g/mol. The predicted octanol–water partition coefficient (Wildman–Crippen LogP) is 4.36. The Kier molecular flexibility index (Phi) is 3.65. The summed E-state index contributed by atoms with van der Waals surface area (Å²) < 4.78 is 0. The maximum Gasteiger partial charge on any atom is 0.0988 e. The fourth-order valence-corrected chi connectivity index (χ4v) is 3.28. The van der Waals surface area contributed by atoms with Gasteiger partial charge in [-0.05, 0) is 18.4 Å². The number of hydrogen-bond donors (Lipinski definition) is 1. The molecule has 1 aliphatic carbocycles. The number of benzene rings is 1. The Morgan fingerprint density at radius 1 is 1.20 bits per heavy atom. The van der Waals surface area contributed by atoms with Crippen molar-refractivity contribution in [2.24, 2.45) is 0 Å². The molecular weight excluding hydrogens is 264 g/mol. The van der Waals surface area contributed by atoms with Crippen LogP contribution in [0, 0.1) is 0 Å². The second-order valence-electron chi connectivity index (χ2n) is 6.57. The number of nitrogens with zero attached hydrogens (tertiary/aromatic N) is 1. The highest BCUT2D eigenvalue weighted by Gasteiger charge is 2.24. The average Bonchev–Trinajstić information content (AvgIpc) is 3.14. The highest BCUT2D eigenvalue weighted by Crippen LogP contribution is 2.36. The highest BCUT2D eigenvalue weighted by atomic mass is 32.1. The molecular formula is C17H22N2S. The molecule has 0 aliphatic heterocycles. The Labute approximate surface area is 125 Å². The third-order valence-electron chi connectivity index (χ3n) is 3.51. The molecule has 1 saturated carbocycles. The first-order valence-corrected chi connectivity index (χ1v) is 8.14. The lowest BCUT2D eigenvalue weighted by molar-refractivity contribution is 0.579. The molecule has 0 spiro atoms. The molecule has 2 aromatic rings. The molecule has 0 radical (unpaired) electrons. The first-order valence-electron chi connectivity index (χ1n) is 7.33. The van der Waals surface area contributed by atoms with Gasteiger partial charge in [0.05, 0.1) is 15.6 Å². The first-order chi connectivity index (χ1) is 9.54. The minimum absolute atomic E-state index is 0.117. The fourth-order valence-electron chi connectivity index (χ4n) is 2.14. The summed E-state index contributed by atoms with van der Waals surface area (Å²) >= 11 is 1.84. The van der Waals surface area contributed by atoms with Crippen molar-refractivity contribution < 1.29 is 0 Å². The van der Waals surface area contributed by atoms with Gasteiger partial charge in [-0.25, -0.2) is 4.98 Å². The van der Waals surface area contributed by atoms with E-state index in [0.29, 0.717) is 0 Å². The van der Waals surface area contributed by atoms with Gasteiger partial charge in [-0.15, -0.1) is 11.3 Å². The molecule has 1 aromatic carbocycles. The predicted molar refractivity (Wildman–Crippen MR) is 86.1 cm³/mol. The van der Waals surface area contributed by atoms with Gasteiger partial charge >= 0.3 is 0 Å². The van der Waals surface area contributed by atoms with Crippen molar-refractivity contribution in [2.45, 2.75) is 51.6 Å². The smallest absolute Gasteiger partial charge is 0.0988 e. The van der Waals surface area contributed by atoms with Crippen LogP contribution in [0.4, 0.5) is 0 Å². The summed E-state index contributed by atoms with van der Waals surface area (Å²) in [4.78, 5) is 6.24. The molecule has 0 unspecified atom stereocenters. The molecule has 0 amide bonds. The fraction of sp³-hybridized carbons (Fsp3) is 0.471. The van der Waals surface area contributed by atoms with Gasteiger partial charge in [0.15, 0.2) is 0 Å². The van der Waals surface area contributed by atoms with Crippen LogP contribution >= 0.6 is 11.3 Å². The Balaban J connectivity index is 1.94. The van der Waals surface area contributed by atoms with E-state index in [1.807, 2.05) is 11.3 Å². The van der Waals surface area contributed by atoms with E-state index in [1.165, 1.54) is 34.0 Å². The molecule has 20 heavy (non-hydrogen) atoms. The van der Waals surface area contributed by atoms with Gasteiger partial charge in [-0.1, -0.05) is 51.1 Å². The van der Waals surface area contributed by atoms with Gasteiger partial charge in [0.2, 0.25) is 0 Å². The Hall–Kier alpha value is -1.19. The van der Waals surface area contributed by atoms with Crippen molar-refractivity contribution in [2.75, 3.05) is 0 Å². The number of rotatable bonds is 4. The van der Waals surface area contributed by atoms with E-state index in [9.17, 15) is 0 Å². The van der Waals surface area contributed by atoms with E-state index in [0.717, 1.165) is 12.6 Å².